The second-order valence-electron chi connectivity index (χ2n) is 15.3. The molecule has 3 aromatic rings. The van der Waals surface area contributed by atoms with Crippen LogP contribution in [0.1, 0.15) is 50.4 Å². The summed E-state index contributed by atoms with van der Waals surface area (Å²) in [5.41, 5.74) is -0.205. The lowest BCUT2D eigenvalue weighted by Crippen LogP contribution is -2.63. The summed E-state index contributed by atoms with van der Waals surface area (Å²) in [7, 11) is 0. The molecule has 312 valence electrons. The van der Waals surface area contributed by atoms with Gasteiger partial charge in [0.2, 0.25) is 17.7 Å². The number of piperidine rings is 1. The number of ether oxygens (including phenoxy) is 1. The van der Waals surface area contributed by atoms with E-state index < -0.39 is 40.3 Å². The number of carbonyl (C=O) groups is 4. The molecule has 0 spiro atoms. The number of thioether (sulfide) groups is 1. The van der Waals surface area contributed by atoms with Crippen molar-refractivity contribution in [2.24, 2.45) is 0 Å². The largest absolute Gasteiger partial charge is 0.492 e. The van der Waals surface area contributed by atoms with E-state index in [0.29, 0.717) is 55.5 Å². The Morgan fingerprint density at radius 1 is 1.05 bits per heavy atom. The maximum absolute atomic E-state index is 14.0. The molecule has 14 nitrogen and oxygen atoms in total. The van der Waals surface area contributed by atoms with E-state index in [4.69, 9.17) is 16.3 Å². The van der Waals surface area contributed by atoms with E-state index >= 15 is 0 Å². The van der Waals surface area contributed by atoms with Gasteiger partial charge in [-0.05, 0) is 74.7 Å². The zero-order chi connectivity index (χ0) is 42.2. The van der Waals surface area contributed by atoms with Gasteiger partial charge in [-0.15, -0.1) is 11.8 Å². The summed E-state index contributed by atoms with van der Waals surface area (Å²) in [5.74, 6) is -0.546. The van der Waals surface area contributed by atoms with Crippen LogP contribution in [0, 0.1) is 11.3 Å². The van der Waals surface area contributed by atoms with Crippen LogP contribution in [-0.4, -0.2) is 107 Å². The molecule has 4 fully saturated rings. The quantitative estimate of drug-likeness (QED) is 0.164. The fourth-order valence-electron chi connectivity index (χ4n) is 7.70. The molecule has 4 aliphatic rings. The second kappa shape index (κ2) is 16.9. The first-order valence-electron chi connectivity index (χ1n) is 19.2. The summed E-state index contributed by atoms with van der Waals surface area (Å²) in [5, 5.41) is 17.2. The molecule has 5 heterocycles. The van der Waals surface area contributed by atoms with E-state index in [0.717, 1.165) is 42.4 Å². The number of nitriles is 1. The summed E-state index contributed by atoms with van der Waals surface area (Å²) in [6, 6.07) is 12.5. The van der Waals surface area contributed by atoms with Crippen molar-refractivity contribution < 1.29 is 37.1 Å². The van der Waals surface area contributed by atoms with E-state index in [2.05, 4.69) is 30.7 Å². The number of hydrogen-bond donors (Lipinski definition) is 3. The number of nitrogens with one attached hydrogen (secondary N) is 3. The minimum absolute atomic E-state index is 0.00536. The van der Waals surface area contributed by atoms with Crippen LogP contribution in [0.5, 0.6) is 5.75 Å². The summed E-state index contributed by atoms with van der Waals surface area (Å²) in [6.45, 7) is 9.72. The third-order valence-electron chi connectivity index (χ3n) is 10.8. The lowest BCUT2D eigenvalue weighted by molar-refractivity contribution is -0.138. The van der Waals surface area contributed by atoms with Crippen molar-refractivity contribution in [1.82, 2.24) is 20.1 Å². The number of fused-ring (bicyclic) bond motifs is 1. The third kappa shape index (κ3) is 9.23. The molecule has 7 rings (SSSR count). The summed E-state index contributed by atoms with van der Waals surface area (Å²) in [4.78, 5) is 62.0. The average molecular weight is 854 g/mol. The van der Waals surface area contributed by atoms with Crippen molar-refractivity contribution in [3.63, 3.8) is 0 Å². The minimum atomic E-state index is -4.80. The molecular weight excluding hydrogens is 811 g/mol. The molecule has 19 heteroatoms. The summed E-state index contributed by atoms with van der Waals surface area (Å²) >= 11 is 7.76. The van der Waals surface area contributed by atoms with E-state index in [1.165, 1.54) is 22.7 Å². The first kappa shape index (κ1) is 42.0. The van der Waals surface area contributed by atoms with Crippen molar-refractivity contribution in [2.45, 2.75) is 68.5 Å². The SMILES string of the molecule is CCc1cc(N2C3SC3N(c3cnc(C#N)c(C(F)(F)F)c3)C(=O)C2(C)C)ccc1OCCN1CCN(CC(=O)Nc2cc(Cl)cc(NC3CCC(=O)NC3=O)c2)CC1. The van der Waals surface area contributed by atoms with Gasteiger partial charge in [0.15, 0.2) is 5.69 Å². The normalized spacial score (nSPS) is 22.0. The number of rotatable bonds is 12. The molecule has 3 atom stereocenters. The highest BCUT2D eigenvalue weighted by atomic mass is 35.5. The Hall–Kier alpha value is -5.09. The van der Waals surface area contributed by atoms with Gasteiger partial charge in [0.1, 0.15) is 40.8 Å². The molecule has 4 saturated heterocycles. The zero-order valence-electron chi connectivity index (χ0n) is 32.6. The lowest BCUT2D eigenvalue weighted by atomic mass is 9.95. The molecule has 4 aliphatic heterocycles. The highest BCUT2D eigenvalue weighted by molar-refractivity contribution is 8.08. The Kier molecular flexibility index (Phi) is 12.0. The first-order chi connectivity index (χ1) is 28.0. The molecular formula is C40H43ClF3N9O5S. The molecule has 3 unspecified atom stereocenters. The van der Waals surface area contributed by atoms with Crippen molar-refractivity contribution in [3.05, 3.63) is 70.5 Å². The Bertz CT molecular complexity index is 2200. The van der Waals surface area contributed by atoms with Crippen LogP contribution in [0.25, 0.3) is 0 Å². The maximum Gasteiger partial charge on any atom is 0.419 e. The first-order valence-corrected chi connectivity index (χ1v) is 20.5. The van der Waals surface area contributed by atoms with Crippen LogP contribution in [-0.2, 0) is 31.8 Å². The van der Waals surface area contributed by atoms with Crippen molar-refractivity contribution in [1.29, 1.82) is 5.26 Å². The van der Waals surface area contributed by atoms with Gasteiger partial charge < -0.3 is 20.3 Å². The number of hydrogen-bond acceptors (Lipinski definition) is 12. The highest BCUT2D eigenvalue weighted by Crippen LogP contribution is 2.56. The van der Waals surface area contributed by atoms with Gasteiger partial charge in [0.05, 0.1) is 24.0 Å². The number of benzene rings is 2. The number of imide groups is 1. The van der Waals surface area contributed by atoms with Crippen LogP contribution in [0.4, 0.5) is 35.9 Å². The summed E-state index contributed by atoms with van der Waals surface area (Å²) in [6.07, 6.45) is -2.38. The molecule has 4 amide bonds. The third-order valence-corrected chi connectivity index (χ3v) is 12.2. The molecule has 0 saturated carbocycles. The van der Waals surface area contributed by atoms with Gasteiger partial charge >= 0.3 is 6.18 Å². The molecule has 2 aromatic carbocycles. The number of halogens is 4. The monoisotopic (exact) mass is 853 g/mol. The zero-order valence-corrected chi connectivity index (χ0v) is 34.1. The van der Waals surface area contributed by atoms with Crippen molar-refractivity contribution in [2.75, 3.05) is 66.3 Å². The number of amides is 4. The van der Waals surface area contributed by atoms with E-state index in [-0.39, 0.29) is 41.7 Å². The van der Waals surface area contributed by atoms with Gasteiger partial charge in [0, 0.05) is 61.2 Å². The Morgan fingerprint density at radius 3 is 2.47 bits per heavy atom. The standard InChI is InChI=1S/C40H43ClF3N9O5S/c1-4-23-15-27(53-37-36(59-37)52(38(57)39(53,2)3)28-19-29(40(42,43)44)31(20-45)46-21-28)5-7-32(23)58-14-13-50-9-11-51(12-10-50)22-34(55)48-26-17-24(41)16-25(18-26)47-30-6-8-33(54)49-35(30)56/h5,7,15-19,21,30,36-37,47H,4,6,8-14,22H2,1-3H3,(H,48,55)(H,49,54,56). The topological polar surface area (TPSA) is 163 Å². The van der Waals surface area contributed by atoms with Gasteiger partial charge in [-0.1, -0.05) is 18.5 Å². The summed E-state index contributed by atoms with van der Waals surface area (Å²) < 4.78 is 47.5. The van der Waals surface area contributed by atoms with Crippen LogP contribution in [0.3, 0.4) is 0 Å². The van der Waals surface area contributed by atoms with Crippen LogP contribution >= 0.6 is 23.4 Å². The molecule has 3 N–H and O–H groups in total. The number of aryl methyl sites for hydroxylation is 1. The van der Waals surface area contributed by atoms with Gasteiger partial charge in [0.25, 0.3) is 5.91 Å². The van der Waals surface area contributed by atoms with Crippen LogP contribution < -0.4 is 30.5 Å². The molecule has 0 radical (unpaired) electrons. The predicted molar refractivity (Wildman–Crippen MR) is 217 cm³/mol. The van der Waals surface area contributed by atoms with Crippen LogP contribution in [0.2, 0.25) is 5.02 Å². The minimum Gasteiger partial charge on any atom is -0.492 e. The Balaban J connectivity index is 0.893. The van der Waals surface area contributed by atoms with Crippen molar-refractivity contribution in [3.8, 4) is 11.8 Å². The van der Waals surface area contributed by atoms with Crippen LogP contribution in [0.15, 0.2) is 48.7 Å². The fraction of sp³-hybridized carbons (Fsp3) is 0.450. The maximum atomic E-state index is 14.0. The second-order valence-corrected chi connectivity index (χ2v) is 16.9. The van der Waals surface area contributed by atoms with Gasteiger partial charge in [-0.3, -0.25) is 39.2 Å². The number of anilines is 4. The van der Waals surface area contributed by atoms with Crippen molar-refractivity contribution >= 4 is 69.7 Å². The molecule has 1 aromatic heterocycles. The number of carbonyl (C=O) groups excluding carboxylic acids is 4. The van der Waals surface area contributed by atoms with Gasteiger partial charge in [-0.2, -0.15) is 18.4 Å². The number of aromatic nitrogens is 1. The average Bonchev–Trinajstić information content (AvgIpc) is 3.96. The van der Waals surface area contributed by atoms with Gasteiger partial charge in [-0.25, -0.2) is 4.98 Å². The van der Waals surface area contributed by atoms with E-state index in [1.807, 2.05) is 30.0 Å². The molecule has 0 aliphatic carbocycles. The van der Waals surface area contributed by atoms with E-state index in [9.17, 15) is 37.6 Å². The molecule has 0 bridgehead atoms. The predicted octanol–water partition coefficient (Wildman–Crippen LogP) is 5.07. The lowest BCUT2D eigenvalue weighted by Gasteiger charge is -2.46. The number of nitrogens with zero attached hydrogens (tertiary/aromatic N) is 6. The number of alkyl halides is 3. The smallest absolute Gasteiger partial charge is 0.419 e. The highest BCUT2D eigenvalue weighted by Gasteiger charge is 2.61. The Labute approximate surface area is 348 Å². The fourth-order valence-corrected chi connectivity index (χ4v) is 9.22. The number of piperazine rings is 2. The Morgan fingerprint density at radius 2 is 1.78 bits per heavy atom. The number of pyridine rings is 1. The van der Waals surface area contributed by atoms with E-state index in [1.54, 1.807) is 32.0 Å². The molecule has 59 heavy (non-hydrogen) atoms.